The molecule has 0 aromatic heterocycles. The zero-order chi connectivity index (χ0) is 29.6. The molecule has 4 fully saturated rings. The SMILES string of the molecule is O=C(OCC12CC3CC(CC(CO)(C3)C1)C2)C(F)(F)S(=O)(=O)[OH+]S(c1ccccc1)(c1ccccc1)c1ccccc1. The van der Waals surface area contributed by atoms with E-state index in [9.17, 15) is 18.3 Å². The second-order valence-electron chi connectivity index (χ2n) is 12.3. The molecule has 2 atom stereocenters. The van der Waals surface area contributed by atoms with Crippen molar-refractivity contribution in [2.75, 3.05) is 13.2 Å². The number of hydrogen-bond acceptors (Lipinski definition) is 5. The summed E-state index contributed by atoms with van der Waals surface area (Å²) in [6, 6.07) is 25.4. The Bertz CT molecular complexity index is 1420. The van der Waals surface area contributed by atoms with Crippen LogP contribution in [0.5, 0.6) is 0 Å². The summed E-state index contributed by atoms with van der Waals surface area (Å²) in [5.74, 6) is -1.41. The van der Waals surface area contributed by atoms with E-state index < -0.39 is 37.1 Å². The summed E-state index contributed by atoms with van der Waals surface area (Å²) >= 11 is 0. The number of carbonyl (C=O) groups is 1. The second-order valence-corrected chi connectivity index (χ2v) is 16.9. The van der Waals surface area contributed by atoms with Gasteiger partial charge in [0.2, 0.25) is 0 Å². The van der Waals surface area contributed by atoms with E-state index in [1.807, 2.05) is 0 Å². The smallest absolute Gasteiger partial charge is 0.460 e. The Morgan fingerprint density at radius 2 is 1.24 bits per heavy atom. The van der Waals surface area contributed by atoms with Crippen LogP contribution < -0.4 is 0 Å². The van der Waals surface area contributed by atoms with E-state index >= 15 is 8.78 Å². The molecule has 0 spiro atoms. The monoisotopic (exact) mass is 617 g/mol. The highest BCUT2D eigenvalue weighted by Crippen LogP contribution is 2.69. The first-order valence-electron chi connectivity index (χ1n) is 14.2. The van der Waals surface area contributed by atoms with Gasteiger partial charge in [-0.25, -0.2) is 4.79 Å². The highest BCUT2D eigenvalue weighted by Gasteiger charge is 2.64. The maximum atomic E-state index is 15.8. The Morgan fingerprint density at radius 1 is 0.810 bits per heavy atom. The third-order valence-electron chi connectivity index (χ3n) is 9.17. The summed E-state index contributed by atoms with van der Waals surface area (Å²) in [7, 11) is -8.89. The van der Waals surface area contributed by atoms with Crippen LogP contribution in [0, 0.1) is 22.7 Å². The summed E-state index contributed by atoms with van der Waals surface area (Å²) in [4.78, 5) is 14.3. The summed E-state index contributed by atoms with van der Waals surface area (Å²) < 4.78 is 68.0. The van der Waals surface area contributed by atoms with Crippen LogP contribution in [0.1, 0.15) is 38.5 Å². The molecule has 4 saturated carbocycles. The van der Waals surface area contributed by atoms with Gasteiger partial charge in [0.15, 0.2) is 0 Å². The first-order chi connectivity index (χ1) is 20.0. The van der Waals surface area contributed by atoms with Gasteiger partial charge in [-0.05, 0) is 92.2 Å². The van der Waals surface area contributed by atoms with Crippen molar-refractivity contribution in [1.82, 2.24) is 0 Å². The molecule has 3 aromatic carbocycles. The van der Waals surface area contributed by atoms with Gasteiger partial charge in [-0.2, -0.15) is 8.78 Å². The Balaban J connectivity index is 1.32. The van der Waals surface area contributed by atoms with Crippen molar-refractivity contribution in [3.63, 3.8) is 0 Å². The van der Waals surface area contributed by atoms with Crippen LogP contribution in [0.2, 0.25) is 0 Å². The van der Waals surface area contributed by atoms with Crippen LogP contribution in [-0.4, -0.2) is 41.6 Å². The predicted molar refractivity (Wildman–Crippen MR) is 156 cm³/mol. The Hall–Kier alpha value is -2.79. The van der Waals surface area contributed by atoms with E-state index in [0.29, 0.717) is 32.9 Å². The summed E-state index contributed by atoms with van der Waals surface area (Å²) in [6.07, 6.45) is 4.85. The average Bonchev–Trinajstić information content (AvgIpc) is 2.99. The first kappa shape index (κ1) is 29.3. The molecular formula is C32H35F2O6S2+. The van der Waals surface area contributed by atoms with Crippen LogP contribution in [0.4, 0.5) is 8.78 Å². The highest BCUT2D eigenvalue weighted by molar-refractivity contribution is 8.32. The minimum absolute atomic E-state index is 0.0163. The predicted octanol–water partition coefficient (Wildman–Crippen LogP) is 7.02. The van der Waals surface area contributed by atoms with Gasteiger partial charge in [0.25, 0.3) is 0 Å². The molecule has 7 rings (SSSR count). The van der Waals surface area contributed by atoms with Crippen LogP contribution in [0.15, 0.2) is 106 Å². The molecule has 0 aliphatic heterocycles. The van der Waals surface area contributed by atoms with Gasteiger partial charge >= 0.3 is 21.3 Å². The van der Waals surface area contributed by atoms with Crippen LogP contribution in [-0.2, 0) is 19.6 Å². The van der Waals surface area contributed by atoms with Crippen molar-refractivity contribution in [3.05, 3.63) is 91.0 Å². The molecule has 0 saturated heterocycles. The third kappa shape index (κ3) is 4.96. The molecule has 10 heteroatoms. The number of aliphatic hydroxyl groups excluding tert-OH is 1. The van der Waals surface area contributed by atoms with Crippen molar-refractivity contribution < 1.29 is 35.5 Å². The molecule has 0 amide bonds. The zero-order valence-corrected chi connectivity index (χ0v) is 24.7. The van der Waals surface area contributed by atoms with Crippen LogP contribution in [0.25, 0.3) is 0 Å². The molecule has 3 aromatic rings. The standard InChI is InChI=1S/C32H34F2O6S2/c33-32(34,29(36)39-23-31-19-24-16-25(20-31)18-30(17-24,21-31)22-35)42(37,38)40-41(26-10-4-1-5-11-26,27-12-6-2-7-13-27)28-14-8-3-9-15-28/h1-15,24-25,35H,16-23H2/p+1. The zero-order valence-electron chi connectivity index (χ0n) is 23.1. The largest absolute Gasteiger partial charge is 0.514 e. The molecule has 2 N–H and O–H groups in total. The van der Waals surface area contributed by atoms with E-state index in [1.165, 1.54) is 0 Å². The Morgan fingerprint density at radius 3 is 1.67 bits per heavy atom. The maximum Gasteiger partial charge on any atom is 0.514 e. The molecule has 2 unspecified atom stereocenters. The van der Waals surface area contributed by atoms with E-state index in [1.54, 1.807) is 91.0 Å². The van der Waals surface area contributed by atoms with Gasteiger partial charge in [0.05, 0.1) is 31.6 Å². The second kappa shape index (κ2) is 10.7. The number of carbonyl (C=O) groups excluding carboxylic acids is 1. The van der Waals surface area contributed by atoms with E-state index in [-0.39, 0.29) is 18.6 Å². The van der Waals surface area contributed by atoms with Crippen LogP contribution >= 0.6 is 10.3 Å². The number of halogens is 2. The van der Waals surface area contributed by atoms with Crippen molar-refractivity contribution in [2.45, 2.75) is 58.5 Å². The maximum absolute atomic E-state index is 15.8. The van der Waals surface area contributed by atoms with E-state index in [2.05, 4.69) is 3.63 Å². The normalized spacial score (nSPS) is 27.5. The summed E-state index contributed by atoms with van der Waals surface area (Å²) in [5, 5.41) is 5.23. The third-order valence-corrected chi connectivity index (χ3v) is 14.5. The average molecular weight is 618 g/mol. The van der Waals surface area contributed by atoms with Gasteiger partial charge in [-0.1, -0.05) is 54.6 Å². The fourth-order valence-electron chi connectivity index (χ4n) is 7.99. The fraction of sp³-hybridized carbons (Fsp3) is 0.406. The fourth-order valence-corrected chi connectivity index (χ4v) is 13.3. The van der Waals surface area contributed by atoms with Gasteiger partial charge in [0.1, 0.15) is 0 Å². The van der Waals surface area contributed by atoms with Crippen molar-refractivity contribution in [1.29, 1.82) is 0 Å². The molecule has 42 heavy (non-hydrogen) atoms. The minimum atomic E-state index is -5.74. The number of ether oxygens (including phenoxy) is 1. The lowest BCUT2D eigenvalue weighted by atomic mass is 9.44. The lowest BCUT2D eigenvalue weighted by molar-refractivity contribution is -0.181. The van der Waals surface area contributed by atoms with Crippen LogP contribution in [0.3, 0.4) is 0 Å². The quantitative estimate of drug-likeness (QED) is 0.150. The lowest BCUT2D eigenvalue weighted by Crippen LogP contribution is -2.55. The van der Waals surface area contributed by atoms with Crippen molar-refractivity contribution >= 4 is 26.4 Å². The molecule has 224 valence electrons. The summed E-state index contributed by atoms with van der Waals surface area (Å²) in [5.41, 5.74) is -0.795. The lowest BCUT2D eigenvalue weighted by Gasteiger charge is -2.61. The Kier molecular flexibility index (Phi) is 7.48. The number of benzene rings is 3. The van der Waals surface area contributed by atoms with Gasteiger partial charge in [0, 0.05) is 12.0 Å². The molecule has 4 aliphatic carbocycles. The number of rotatable bonds is 10. The first-order valence-corrected chi connectivity index (χ1v) is 17.2. The topological polar surface area (TPSA) is 93.5 Å². The number of esters is 1. The molecule has 4 bridgehead atoms. The molecule has 0 heterocycles. The summed E-state index contributed by atoms with van der Waals surface area (Å²) in [6.45, 7) is -0.276. The number of hydrogen-bond donors (Lipinski definition) is 1. The van der Waals surface area contributed by atoms with Gasteiger partial charge < -0.3 is 9.84 Å². The van der Waals surface area contributed by atoms with E-state index in [0.717, 1.165) is 32.1 Å². The number of alkyl halides is 2. The van der Waals surface area contributed by atoms with E-state index in [4.69, 9.17) is 4.74 Å². The van der Waals surface area contributed by atoms with Crippen molar-refractivity contribution in [3.8, 4) is 0 Å². The molecular weight excluding hydrogens is 582 g/mol. The Labute approximate surface area is 246 Å². The molecule has 6 nitrogen and oxygen atoms in total. The molecule has 4 aliphatic rings. The minimum Gasteiger partial charge on any atom is -0.460 e. The van der Waals surface area contributed by atoms with Gasteiger partial charge in [-0.15, -0.1) is 8.42 Å². The van der Waals surface area contributed by atoms with Crippen molar-refractivity contribution in [2.24, 2.45) is 22.7 Å². The van der Waals surface area contributed by atoms with Gasteiger partial charge in [-0.3, -0.25) is 3.63 Å². The number of aliphatic hydroxyl groups is 1. The highest BCUT2D eigenvalue weighted by atomic mass is 32.3. The molecule has 0 radical (unpaired) electrons.